The number of sulfonamides is 1. The standard InChI is InChI=1S/C13H15NO3S/c15-13(9-1-2-9)10-3-7-12(8-4-10)18(16,17)14-11-5-6-11/h3-4,7-9,11,14H,1-2,5-6H2. The minimum atomic E-state index is -3.41. The molecule has 2 saturated carbocycles. The molecule has 0 unspecified atom stereocenters. The van der Waals surface area contributed by atoms with Crippen LogP contribution in [0.3, 0.4) is 0 Å². The second-order valence-corrected chi connectivity index (χ2v) is 6.77. The van der Waals surface area contributed by atoms with Crippen LogP contribution in [0.2, 0.25) is 0 Å². The molecule has 96 valence electrons. The first-order chi connectivity index (χ1) is 8.56. The molecule has 1 aromatic rings. The van der Waals surface area contributed by atoms with Crippen molar-refractivity contribution in [1.29, 1.82) is 0 Å². The zero-order valence-corrected chi connectivity index (χ0v) is 10.7. The van der Waals surface area contributed by atoms with Crippen molar-refractivity contribution in [1.82, 2.24) is 4.72 Å². The third-order valence-corrected chi connectivity index (χ3v) is 4.83. The molecule has 0 atom stereocenters. The van der Waals surface area contributed by atoms with E-state index in [1.54, 1.807) is 12.1 Å². The third kappa shape index (κ3) is 2.47. The second kappa shape index (κ2) is 4.17. The minimum absolute atomic E-state index is 0.0998. The van der Waals surface area contributed by atoms with Crippen LogP contribution in [-0.4, -0.2) is 20.2 Å². The predicted molar refractivity (Wildman–Crippen MR) is 66.8 cm³/mol. The molecule has 2 aliphatic rings. The van der Waals surface area contributed by atoms with Crippen LogP contribution in [-0.2, 0) is 10.0 Å². The van der Waals surface area contributed by atoms with Crippen LogP contribution in [0.1, 0.15) is 36.0 Å². The van der Waals surface area contributed by atoms with Gasteiger partial charge in [0.15, 0.2) is 5.78 Å². The summed E-state index contributed by atoms with van der Waals surface area (Å²) in [5.74, 6) is 0.297. The van der Waals surface area contributed by atoms with Crippen molar-refractivity contribution in [2.75, 3.05) is 0 Å². The van der Waals surface area contributed by atoms with Gasteiger partial charge >= 0.3 is 0 Å². The van der Waals surface area contributed by atoms with Crippen molar-refractivity contribution >= 4 is 15.8 Å². The number of Topliss-reactive ketones (excluding diaryl/α,β-unsaturated/α-hetero) is 1. The van der Waals surface area contributed by atoms with Crippen LogP contribution < -0.4 is 4.72 Å². The normalized spacial score (nSPS) is 19.8. The van der Waals surface area contributed by atoms with Gasteiger partial charge in [-0.15, -0.1) is 0 Å². The molecule has 4 nitrogen and oxygen atoms in total. The molecule has 1 N–H and O–H groups in total. The zero-order chi connectivity index (χ0) is 12.8. The van der Waals surface area contributed by atoms with Gasteiger partial charge in [0.25, 0.3) is 0 Å². The lowest BCUT2D eigenvalue weighted by Crippen LogP contribution is -2.25. The lowest BCUT2D eigenvalue weighted by molar-refractivity contribution is 0.0967. The van der Waals surface area contributed by atoms with Crippen LogP contribution in [0, 0.1) is 5.92 Å². The monoisotopic (exact) mass is 265 g/mol. The van der Waals surface area contributed by atoms with Gasteiger partial charge in [-0.1, -0.05) is 12.1 Å². The SMILES string of the molecule is O=C(c1ccc(S(=O)(=O)NC2CC2)cc1)C1CC1. The lowest BCUT2D eigenvalue weighted by atomic mass is 10.1. The molecule has 0 amide bonds. The van der Waals surface area contributed by atoms with E-state index in [4.69, 9.17) is 0 Å². The largest absolute Gasteiger partial charge is 0.294 e. The molecule has 0 bridgehead atoms. The molecule has 1 aromatic carbocycles. The Morgan fingerprint density at radius 1 is 1.06 bits per heavy atom. The molecule has 18 heavy (non-hydrogen) atoms. The topological polar surface area (TPSA) is 63.2 Å². The summed E-state index contributed by atoms with van der Waals surface area (Å²) in [6.07, 6.45) is 3.75. The van der Waals surface area contributed by atoms with Crippen molar-refractivity contribution < 1.29 is 13.2 Å². The summed E-state index contributed by atoms with van der Waals surface area (Å²) in [6, 6.07) is 6.35. The van der Waals surface area contributed by atoms with Gasteiger partial charge < -0.3 is 0 Å². The Morgan fingerprint density at radius 2 is 1.67 bits per heavy atom. The number of nitrogens with one attached hydrogen (secondary N) is 1. The van der Waals surface area contributed by atoms with Crippen molar-refractivity contribution in [3.05, 3.63) is 29.8 Å². The van der Waals surface area contributed by atoms with Gasteiger partial charge in [0.1, 0.15) is 0 Å². The Bertz CT molecular complexity index is 569. The summed E-state index contributed by atoms with van der Waals surface area (Å²) < 4.78 is 26.4. The van der Waals surface area contributed by atoms with Crippen molar-refractivity contribution in [2.24, 2.45) is 5.92 Å². The van der Waals surface area contributed by atoms with Gasteiger partial charge in [0.2, 0.25) is 10.0 Å². The molecule has 0 aliphatic heterocycles. The number of ketones is 1. The Morgan fingerprint density at radius 3 is 2.17 bits per heavy atom. The summed E-state index contributed by atoms with van der Waals surface area (Å²) >= 11 is 0. The van der Waals surface area contributed by atoms with Crippen molar-refractivity contribution in [2.45, 2.75) is 36.6 Å². The first-order valence-corrected chi connectivity index (χ1v) is 7.71. The summed E-state index contributed by atoms with van der Waals surface area (Å²) in [6.45, 7) is 0. The van der Waals surface area contributed by atoms with Gasteiger partial charge in [-0.2, -0.15) is 0 Å². The van der Waals surface area contributed by atoms with E-state index < -0.39 is 10.0 Å². The smallest absolute Gasteiger partial charge is 0.240 e. The molecule has 5 heteroatoms. The summed E-state index contributed by atoms with van der Waals surface area (Å²) in [7, 11) is -3.41. The van der Waals surface area contributed by atoms with Crippen molar-refractivity contribution in [3.8, 4) is 0 Å². The molecular weight excluding hydrogens is 250 g/mol. The average Bonchev–Trinajstić information content (AvgIpc) is 3.21. The van der Waals surface area contributed by atoms with Gasteiger partial charge in [-0.05, 0) is 37.8 Å². The van der Waals surface area contributed by atoms with E-state index in [-0.39, 0.29) is 22.6 Å². The number of hydrogen-bond acceptors (Lipinski definition) is 3. The van der Waals surface area contributed by atoms with Gasteiger partial charge in [-0.3, -0.25) is 4.79 Å². The number of carbonyl (C=O) groups is 1. The Balaban J connectivity index is 1.79. The number of carbonyl (C=O) groups excluding carboxylic acids is 1. The highest BCUT2D eigenvalue weighted by atomic mass is 32.2. The first-order valence-electron chi connectivity index (χ1n) is 6.23. The fourth-order valence-electron chi connectivity index (χ4n) is 1.87. The first kappa shape index (κ1) is 11.9. The van der Waals surface area contributed by atoms with E-state index in [1.165, 1.54) is 12.1 Å². The molecule has 0 radical (unpaired) electrons. The maximum Gasteiger partial charge on any atom is 0.240 e. The van der Waals surface area contributed by atoms with Crippen LogP contribution in [0.5, 0.6) is 0 Å². The fraction of sp³-hybridized carbons (Fsp3) is 0.462. The Hall–Kier alpha value is -1.20. The van der Waals surface area contributed by atoms with Crippen LogP contribution >= 0.6 is 0 Å². The number of rotatable bonds is 5. The summed E-state index contributed by atoms with van der Waals surface area (Å²) in [5, 5.41) is 0. The molecule has 2 fully saturated rings. The number of benzene rings is 1. The average molecular weight is 265 g/mol. The predicted octanol–water partition coefficient (Wildman–Crippen LogP) is 1.72. The summed E-state index contributed by atoms with van der Waals surface area (Å²) in [4.78, 5) is 12.0. The highest BCUT2D eigenvalue weighted by molar-refractivity contribution is 7.89. The molecular formula is C13H15NO3S. The second-order valence-electron chi connectivity index (χ2n) is 5.06. The van der Waals surface area contributed by atoms with E-state index >= 15 is 0 Å². The highest BCUT2D eigenvalue weighted by Gasteiger charge is 2.31. The fourth-order valence-corrected chi connectivity index (χ4v) is 3.17. The van der Waals surface area contributed by atoms with Gasteiger partial charge in [0, 0.05) is 17.5 Å². The molecule has 0 heterocycles. The van der Waals surface area contributed by atoms with Crippen LogP contribution in [0.4, 0.5) is 0 Å². The van der Waals surface area contributed by atoms with Crippen LogP contribution in [0.25, 0.3) is 0 Å². The van der Waals surface area contributed by atoms with E-state index in [0.717, 1.165) is 25.7 Å². The van der Waals surface area contributed by atoms with E-state index in [9.17, 15) is 13.2 Å². The van der Waals surface area contributed by atoms with Gasteiger partial charge in [0.05, 0.1) is 4.90 Å². The Labute approximate surface area is 106 Å². The maximum atomic E-state index is 11.9. The van der Waals surface area contributed by atoms with E-state index in [2.05, 4.69) is 4.72 Å². The van der Waals surface area contributed by atoms with E-state index in [0.29, 0.717) is 5.56 Å². The molecule has 0 saturated heterocycles. The van der Waals surface area contributed by atoms with Crippen LogP contribution in [0.15, 0.2) is 29.2 Å². The molecule has 3 rings (SSSR count). The lowest BCUT2D eigenvalue weighted by Gasteiger charge is -2.06. The van der Waals surface area contributed by atoms with Gasteiger partial charge in [-0.25, -0.2) is 13.1 Å². The maximum absolute atomic E-state index is 11.9. The zero-order valence-electron chi connectivity index (χ0n) is 9.93. The molecule has 2 aliphatic carbocycles. The summed E-state index contributed by atoms with van der Waals surface area (Å²) in [5.41, 5.74) is 0.614. The highest BCUT2D eigenvalue weighted by Crippen LogP contribution is 2.32. The number of hydrogen-bond donors (Lipinski definition) is 1. The minimum Gasteiger partial charge on any atom is -0.294 e. The Kier molecular flexibility index (Phi) is 2.75. The molecule has 0 spiro atoms. The molecule has 0 aromatic heterocycles. The van der Waals surface area contributed by atoms with Crippen molar-refractivity contribution in [3.63, 3.8) is 0 Å². The van der Waals surface area contributed by atoms with E-state index in [1.807, 2.05) is 0 Å². The quantitative estimate of drug-likeness (QED) is 0.824. The third-order valence-electron chi connectivity index (χ3n) is 3.30.